The van der Waals surface area contributed by atoms with Crippen molar-refractivity contribution in [2.75, 3.05) is 5.32 Å². The van der Waals surface area contributed by atoms with Crippen LogP contribution in [0, 0.1) is 0 Å². The number of carbonyl (C=O) groups is 1. The molecule has 1 aromatic heterocycles. The van der Waals surface area contributed by atoms with Crippen LogP contribution in [0.15, 0.2) is 35.1 Å². The summed E-state index contributed by atoms with van der Waals surface area (Å²) in [7, 11) is 0. The number of hydrogen-bond donors (Lipinski definition) is 2. The number of nitrogens with one attached hydrogen (secondary N) is 2. The molecule has 0 unspecified atom stereocenters. The number of rotatable bonds is 2. The fourth-order valence-corrected chi connectivity index (χ4v) is 2.56. The first-order valence-electron chi connectivity index (χ1n) is 6.72. The van der Waals surface area contributed by atoms with Crippen molar-refractivity contribution in [3.63, 3.8) is 0 Å². The highest BCUT2D eigenvalue weighted by molar-refractivity contribution is 6.03. The predicted octanol–water partition coefficient (Wildman–Crippen LogP) is 1.90. The van der Waals surface area contributed by atoms with Crippen LogP contribution in [-0.2, 0) is 12.8 Å². The van der Waals surface area contributed by atoms with Crippen LogP contribution in [0.5, 0.6) is 0 Å². The number of amides is 1. The maximum absolute atomic E-state index is 12.1. The topological polar surface area (TPSA) is 74.8 Å². The van der Waals surface area contributed by atoms with Gasteiger partial charge in [0.2, 0.25) is 0 Å². The Kier molecular flexibility index (Phi) is 3.33. The molecule has 0 saturated heterocycles. The van der Waals surface area contributed by atoms with Crippen molar-refractivity contribution in [2.24, 2.45) is 0 Å². The van der Waals surface area contributed by atoms with E-state index in [1.165, 1.54) is 29.7 Å². The Hall–Kier alpha value is -2.43. The number of aromatic nitrogens is 2. The number of carbonyl (C=O) groups excluding carboxylic acids is 1. The zero-order chi connectivity index (χ0) is 13.9. The number of benzene rings is 1. The highest BCUT2D eigenvalue weighted by atomic mass is 16.2. The molecule has 20 heavy (non-hydrogen) atoms. The van der Waals surface area contributed by atoms with Crippen LogP contribution in [-0.4, -0.2) is 16.1 Å². The monoisotopic (exact) mass is 269 g/mol. The number of anilines is 1. The molecule has 0 aliphatic heterocycles. The quantitative estimate of drug-likeness (QED) is 0.874. The van der Waals surface area contributed by atoms with Crippen molar-refractivity contribution in [2.45, 2.75) is 25.7 Å². The Morgan fingerprint density at radius 2 is 2.00 bits per heavy atom. The lowest BCUT2D eigenvalue weighted by Crippen LogP contribution is -2.19. The fourth-order valence-electron chi connectivity index (χ4n) is 2.56. The third-order valence-electron chi connectivity index (χ3n) is 3.56. The molecule has 102 valence electrons. The zero-order valence-corrected chi connectivity index (χ0v) is 11.0. The Balaban J connectivity index is 1.86. The van der Waals surface area contributed by atoms with Gasteiger partial charge in [0.25, 0.3) is 11.5 Å². The van der Waals surface area contributed by atoms with Gasteiger partial charge in [-0.15, -0.1) is 0 Å². The lowest BCUT2D eigenvalue weighted by atomic mass is 9.90. The Bertz CT molecular complexity index is 686. The van der Waals surface area contributed by atoms with Crippen LogP contribution in [0.2, 0.25) is 0 Å². The van der Waals surface area contributed by atoms with Crippen LogP contribution in [0.1, 0.15) is 34.5 Å². The van der Waals surface area contributed by atoms with Gasteiger partial charge in [0, 0.05) is 11.8 Å². The van der Waals surface area contributed by atoms with Gasteiger partial charge in [0.05, 0.1) is 0 Å². The first kappa shape index (κ1) is 12.6. The minimum absolute atomic E-state index is 0.206. The van der Waals surface area contributed by atoms with E-state index in [2.05, 4.69) is 21.6 Å². The molecule has 1 aromatic carbocycles. The first-order valence-corrected chi connectivity index (χ1v) is 6.72. The Morgan fingerprint density at radius 1 is 1.15 bits per heavy atom. The molecule has 1 aliphatic carbocycles. The molecule has 0 spiro atoms. The van der Waals surface area contributed by atoms with E-state index in [4.69, 9.17) is 0 Å². The number of nitrogens with zero attached hydrogens (tertiary/aromatic N) is 1. The largest absolute Gasteiger partial charge is 0.320 e. The van der Waals surface area contributed by atoms with E-state index in [1.807, 2.05) is 12.1 Å². The maximum atomic E-state index is 12.1. The molecule has 0 bridgehead atoms. The zero-order valence-electron chi connectivity index (χ0n) is 11.0. The molecule has 0 saturated carbocycles. The molecule has 5 heteroatoms. The van der Waals surface area contributed by atoms with Gasteiger partial charge in [-0.2, -0.15) is 5.10 Å². The second kappa shape index (κ2) is 5.28. The molecule has 1 amide bonds. The van der Waals surface area contributed by atoms with E-state index in [0.717, 1.165) is 24.9 Å². The standard InChI is InChI=1S/C15H15N3O2/c19-14-9-8-13(17-18-14)15(20)16-12-7-3-5-10-4-1-2-6-11(10)12/h3,5,7-9H,1-2,4,6H2,(H,16,20)(H,18,19). The van der Waals surface area contributed by atoms with Gasteiger partial charge < -0.3 is 5.32 Å². The molecule has 3 rings (SSSR count). The van der Waals surface area contributed by atoms with Gasteiger partial charge >= 0.3 is 0 Å². The van der Waals surface area contributed by atoms with E-state index in [0.29, 0.717) is 0 Å². The summed E-state index contributed by atoms with van der Waals surface area (Å²) in [6.07, 6.45) is 4.41. The van der Waals surface area contributed by atoms with Crippen molar-refractivity contribution in [3.05, 3.63) is 57.5 Å². The summed E-state index contributed by atoms with van der Waals surface area (Å²) in [6.45, 7) is 0. The third-order valence-corrected chi connectivity index (χ3v) is 3.56. The fraction of sp³-hybridized carbons (Fsp3) is 0.267. The molecule has 0 atom stereocenters. The molecule has 1 aliphatic rings. The highest BCUT2D eigenvalue weighted by Crippen LogP contribution is 2.27. The number of aryl methyl sites for hydroxylation is 1. The molecule has 1 heterocycles. The number of aromatic amines is 1. The van der Waals surface area contributed by atoms with Gasteiger partial charge in [-0.3, -0.25) is 9.59 Å². The van der Waals surface area contributed by atoms with E-state index in [-0.39, 0.29) is 17.2 Å². The summed E-state index contributed by atoms with van der Waals surface area (Å²) < 4.78 is 0. The van der Waals surface area contributed by atoms with E-state index in [9.17, 15) is 9.59 Å². The summed E-state index contributed by atoms with van der Waals surface area (Å²) in [5, 5.41) is 8.88. The van der Waals surface area contributed by atoms with E-state index in [1.54, 1.807) is 0 Å². The summed E-state index contributed by atoms with van der Waals surface area (Å²) in [5.41, 5.74) is 3.26. The van der Waals surface area contributed by atoms with Gasteiger partial charge in [0.15, 0.2) is 0 Å². The Morgan fingerprint density at radius 3 is 2.80 bits per heavy atom. The Labute approximate surface area is 116 Å². The van der Waals surface area contributed by atoms with Crippen molar-refractivity contribution >= 4 is 11.6 Å². The molecular weight excluding hydrogens is 254 g/mol. The summed E-state index contributed by atoms with van der Waals surface area (Å²) in [4.78, 5) is 23.1. The van der Waals surface area contributed by atoms with Crippen molar-refractivity contribution in [1.82, 2.24) is 10.2 Å². The second-order valence-electron chi connectivity index (χ2n) is 4.91. The van der Waals surface area contributed by atoms with Crippen LogP contribution < -0.4 is 10.9 Å². The lowest BCUT2D eigenvalue weighted by molar-refractivity contribution is 0.102. The lowest BCUT2D eigenvalue weighted by Gasteiger charge is -2.19. The minimum atomic E-state index is -0.321. The van der Waals surface area contributed by atoms with Crippen molar-refractivity contribution in [3.8, 4) is 0 Å². The van der Waals surface area contributed by atoms with Crippen LogP contribution in [0.25, 0.3) is 0 Å². The van der Waals surface area contributed by atoms with Crippen LogP contribution >= 0.6 is 0 Å². The van der Waals surface area contributed by atoms with Gasteiger partial charge in [-0.1, -0.05) is 12.1 Å². The van der Waals surface area contributed by atoms with E-state index >= 15 is 0 Å². The normalized spacial score (nSPS) is 13.6. The third kappa shape index (κ3) is 2.47. The number of hydrogen-bond acceptors (Lipinski definition) is 3. The van der Waals surface area contributed by atoms with Gasteiger partial charge in [-0.05, 0) is 48.9 Å². The average molecular weight is 269 g/mol. The average Bonchev–Trinajstić information content (AvgIpc) is 2.48. The minimum Gasteiger partial charge on any atom is -0.320 e. The second-order valence-corrected chi connectivity index (χ2v) is 4.91. The molecule has 0 fully saturated rings. The molecule has 2 aromatic rings. The summed E-state index contributed by atoms with van der Waals surface area (Å²) in [5.74, 6) is -0.305. The summed E-state index contributed by atoms with van der Waals surface area (Å²) >= 11 is 0. The molecule has 5 nitrogen and oxygen atoms in total. The molecule has 0 radical (unpaired) electrons. The van der Waals surface area contributed by atoms with Gasteiger partial charge in [-0.25, -0.2) is 5.10 Å². The summed E-state index contributed by atoms with van der Waals surface area (Å²) in [6, 6.07) is 8.70. The smallest absolute Gasteiger partial charge is 0.276 e. The van der Waals surface area contributed by atoms with Gasteiger partial charge in [0.1, 0.15) is 5.69 Å². The number of H-pyrrole nitrogens is 1. The van der Waals surface area contributed by atoms with Crippen LogP contribution in [0.4, 0.5) is 5.69 Å². The SMILES string of the molecule is O=C(Nc1cccc2c1CCCC2)c1ccc(=O)[nH]n1. The number of fused-ring (bicyclic) bond motifs is 1. The molecule has 2 N–H and O–H groups in total. The maximum Gasteiger partial charge on any atom is 0.276 e. The van der Waals surface area contributed by atoms with Crippen LogP contribution in [0.3, 0.4) is 0 Å². The van der Waals surface area contributed by atoms with Crippen molar-refractivity contribution < 1.29 is 4.79 Å². The first-order chi connectivity index (χ1) is 9.74. The predicted molar refractivity (Wildman–Crippen MR) is 75.9 cm³/mol. The highest BCUT2D eigenvalue weighted by Gasteiger charge is 2.15. The molecular formula is C15H15N3O2. The van der Waals surface area contributed by atoms with E-state index < -0.39 is 0 Å². The van der Waals surface area contributed by atoms with Crippen molar-refractivity contribution in [1.29, 1.82) is 0 Å².